The third-order valence-electron chi connectivity index (χ3n) is 4.07. The first-order valence-corrected chi connectivity index (χ1v) is 9.41. The highest BCUT2D eigenvalue weighted by Gasteiger charge is 2.30. The SMILES string of the molecule is CC1C(=O)Nc2ccc(S(=O)(=O)Nc3ccc(C(F)(F)F)cc3)cc2NC1=O. The summed E-state index contributed by atoms with van der Waals surface area (Å²) in [6, 6.07) is 7.16. The number of benzene rings is 2. The molecule has 1 heterocycles. The van der Waals surface area contributed by atoms with Crippen LogP contribution < -0.4 is 15.4 Å². The fraction of sp³-hybridized carbons (Fsp3) is 0.176. The molecule has 28 heavy (non-hydrogen) atoms. The molecule has 2 amide bonds. The van der Waals surface area contributed by atoms with Gasteiger partial charge in [0.05, 0.1) is 21.8 Å². The summed E-state index contributed by atoms with van der Waals surface area (Å²) in [5.41, 5.74) is -0.642. The molecule has 7 nitrogen and oxygen atoms in total. The van der Waals surface area contributed by atoms with E-state index in [4.69, 9.17) is 0 Å². The topological polar surface area (TPSA) is 104 Å². The van der Waals surface area contributed by atoms with E-state index in [1.54, 1.807) is 0 Å². The Morgan fingerprint density at radius 1 is 0.929 bits per heavy atom. The predicted molar refractivity (Wildman–Crippen MR) is 95.1 cm³/mol. The normalized spacial score (nSPS) is 17.2. The number of rotatable bonds is 3. The van der Waals surface area contributed by atoms with Crippen molar-refractivity contribution in [2.45, 2.75) is 18.0 Å². The van der Waals surface area contributed by atoms with Gasteiger partial charge in [0.25, 0.3) is 10.0 Å². The monoisotopic (exact) mass is 413 g/mol. The van der Waals surface area contributed by atoms with Crippen molar-refractivity contribution in [1.29, 1.82) is 0 Å². The number of hydrogen-bond donors (Lipinski definition) is 3. The van der Waals surface area contributed by atoms with Crippen molar-refractivity contribution >= 4 is 38.9 Å². The second-order valence-corrected chi connectivity index (χ2v) is 7.77. The lowest BCUT2D eigenvalue weighted by Crippen LogP contribution is -2.28. The summed E-state index contributed by atoms with van der Waals surface area (Å²) < 4.78 is 65.0. The molecule has 1 unspecified atom stereocenters. The van der Waals surface area contributed by atoms with Crippen LogP contribution in [0.3, 0.4) is 0 Å². The van der Waals surface area contributed by atoms with E-state index in [1.165, 1.54) is 19.1 Å². The van der Waals surface area contributed by atoms with Gasteiger partial charge in [-0.05, 0) is 49.4 Å². The molecule has 0 radical (unpaired) electrons. The standard InChI is InChI=1S/C17H14F3N3O4S/c1-9-15(24)21-13-7-6-12(8-14(13)22-16(9)25)28(26,27)23-11-4-2-10(3-5-11)17(18,19)20/h2-9,23H,1H3,(H,21,24)(H,22,25). The molecule has 0 aliphatic carbocycles. The zero-order valence-corrected chi connectivity index (χ0v) is 15.1. The second-order valence-electron chi connectivity index (χ2n) is 6.09. The molecule has 0 aromatic heterocycles. The highest BCUT2D eigenvalue weighted by molar-refractivity contribution is 7.92. The zero-order valence-electron chi connectivity index (χ0n) is 14.3. The molecule has 1 aliphatic heterocycles. The zero-order chi connectivity index (χ0) is 20.7. The fourth-order valence-electron chi connectivity index (χ4n) is 2.45. The maximum absolute atomic E-state index is 12.6. The summed E-state index contributed by atoms with van der Waals surface area (Å²) in [7, 11) is -4.15. The van der Waals surface area contributed by atoms with Crippen LogP contribution >= 0.6 is 0 Å². The molecule has 0 saturated carbocycles. The number of alkyl halides is 3. The Morgan fingerprint density at radius 3 is 2.07 bits per heavy atom. The van der Waals surface area contributed by atoms with Crippen molar-refractivity contribution in [2.24, 2.45) is 5.92 Å². The maximum atomic E-state index is 12.6. The van der Waals surface area contributed by atoms with Gasteiger partial charge in [-0.15, -0.1) is 0 Å². The maximum Gasteiger partial charge on any atom is 0.416 e. The van der Waals surface area contributed by atoms with Crippen LogP contribution in [0.1, 0.15) is 12.5 Å². The Kier molecular flexibility index (Phi) is 4.79. The minimum absolute atomic E-state index is 0.0612. The molecule has 11 heteroatoms. The van der Waals surface area contributed by atoms with E-state index in [1.807, 2.05) is 0 Å². The van der Waals surface area contributed by atoms with Gasteiger partial charge in [0.15, 0.2) is 0 Å². The Hall–Kier alpha value is -3.08. The van der Waals surface area contributed by atoms with Crippen LogP contribution in [0.15, 0.2) is 47.4 Å². The third kappa shape index (κ3) is 3.93. The van der Waals surface area contributed by atoms with Crippen LogP contribution in [-0.2, 0) is 25.8 Å². The summed E-state index contributed by atoms with van der Waals surface area (Å²) >= 11 is 0. The molecule has 1 atom stereocenters. The van der Waals surface area contributed by atoms with Crippen LogP contribution in [-0.4, -0.2) is 20.2 Å². The van der Waals surface area contributed by atoms with E-state index < -0.39 is 39.5 Å². The molecular formula is C17H14F3N3O4S. The molecular weight excluding hydrogens is 399 g/mol. The Morgan fingerprint density at radius 2 is 1.50 bits per heavy atom. The Labute approximate surface area is 158 Å². The van der Waals surface area contributed by atoms with Gasteiger partial charge in [0.1, 0.15) is 5.92 Å². The molecule has 2 aromatic carbocycles. The number of anilines is 3. The second kappa shape index (κ2) is 6.82. The average Bonchev–Trinajstić information content (AvgIpc) is 2.71. The van der Waals surface area contributed by atoms with E-state index in [-0.39, 0.29) is 22.0 Å². The van der Waals surface area contributed by atoms with Crippen LogP contribution in [0, 0.1) is 5.92 Å². The lowest BCUT2D eigenvalue weighted by molar-refractivity contribution is -0.137. The summed E-state index contributed by atoms with van der Waals surface area (Å²) in [6.45, 7) is 1.40. The van der Waals surface area contributed by atoms with Crippen LogP contribution in [0.4, 0.5) is 30.2 Å². The molecule has 1 aliphatic rings. The fourth-order valence-corrected chi connectivity index (χ4v) is 3.53. The third-order valence-corrected chi connectivity index (χ3v) is 5.45. The summed E-state index contributed by atoms with van der Waals surface area (Å²) in [6.07, 6.45) is -4.53. The van der Waals surface area contributed by atoms with Crippen molar-refractivity contribution in [1.82, 2.24) is 0 Å². The number of halogens is 3. The van der Waals surface area contributed by atoms with E-state index in [0.29, 0.717) is 0 Å². The first-order chi connectivity index (χ1) is 13.0. The van der Waals surface area contributed by atoms with Gasteiger partial charge >= 0.3 is 6.18 Å². The van der Waals surface area contributed by atoms with Crippen LogP contribution in [0.25, 0.3) is 0 Å². The largest absolute Gasteiger partial charge is 0.416 e. The molecule has 0 bridgehead atoms. The van der Waals surface area contributed by atoms with E-state index in [9.17, 15) is 31.2 Å². The van der Waals surface area contributed by atoms with E-state index in [0.717, 1.165) is 30.3 Å². The van der Waals surface area contributed by atoms with Gasteiger partial charge in [0.2, 0.25) is 11.8 Å². The van der Waals surface area contributed by atoms with Gasteiger partial charge in [-0.1, -0.05) is 0 Å². The van der Waals surface area contributed by atoms with Gasteiger partial charge in [-0.3, -0.25) is 14.3 Å². The molecule has 148 valence electrons. The number of carbonyl (C=O) groups excluding carboxylic acids is 2. The minimum atomic E-state index is -4.53. The minimum Gasteiger partial charge on any atom is -0.324 e. The molecule has 0 spiro atoms. The predicted octanol–water partition coefficient (Wildman–Crippen LogP) is 3.03. The van der Waals surface area contributed by atoms with Gasteiger partial charge in [-0.25, -0.2) is 8.42 Å². The van der Waals surface area contributed by atoms with Crippen molar-refractivity contribution in [3.05, 3.63) is 48.0 Å². The molecule has 3 N–H and O–H groups in total. The molecule has 0 saturated heterocycles. The van der Waals surface area contributed by atoms with Crippen LogP contribution in [0.5, 0.6) is 0 Å². The summed E-state index contributed by atoms with van der Waals surface area (Å²) in [5.74, 6) is -2.09. The Balaban J connectivity index is 1.88. The lowest BCUT2D eigenvalue weighted by atomic mass is 10.1. The Bertz CT molecular complexity index is 1050. The molecule has 3 rings (SSSR count). The van der Waals surface area contributed by atoms with Gasteiger partial charge in [0, 0.05) is 5.69 Å². The van der Waals surface area contributed by atoms with Gasteiger partial charge in [-0.2, -0.15) is 13.2 Å². The smallest absolute Gasteiger partial charge is 0.324 e. The highest BCUT2D eigenvalue weighted by Crippen LogP contribution is 2.31. The number of fused-ring (bicyclic) bond motifs is 1. The van der Waals surface area contributed by atoms with Crippen molar-refractivity contribution < 1.29 is 31.2 Å². The summed E-state index contributed by atoms with van der Waals surface area (Å²) in [5, 5.41) is 4.97. The molecule has 2 aromatic rings. The molecule has 0 fully saturated rings. The van der Waals surface area contributed by atoms with Gasteiger partial charge < -0.3 is 10.6 Å². The lowest BCUT2D eigenvalue weighted by Gasteiger charge is -2.12. The number of carbonyl (C=O) groups is 2. The first-order valence-electron chi connectivity index (χ1n) is 7.93. The van der Waals surface area contributed by atoms with E-state index in [2.05, 4.69) is 15.4 Å². The van der Waals surface area contributed by atoms with Crippen LogP contribution in [0.2, 0.25) is 0 Å². The number of amides is 2. The van der Waals surface area contributed by atoms with E-state index >= 15 is 0 Å². The highest BCUT2D eigenvalue weighted by atomic mass is 32.2. The van der Waals surface area contributed by atoms with Crippen molar-refractivity contribution in [3.63, 3.8) is 0 Å². The average molecular weight is 413 g/mol. The van der Waals surface area contributed by atoms with Crippen molar-refractivity contribution in [2.75, 3.05) is 15.4 Å². The number of nitrogens with one attached hydrogen (secondary N) is 3. The first kappa shape index (κ1) is 19.7. The quantitative estimate of drug-likeness (QED) is 0.673. The summed E-state index contributed by atoms with van der Waals surface area (Å²) in [4.78, 5) is 23.5. The number of hydrogen-bond acceptors (Lipinski definition) is 4. The van der Waals surface area contributed by atoms with Crippen molar-refractivity contribution in [3.8, 4) is 0 Å². The number of sulfonamides is 1.